The molecule has 0 unspecified atom stereocenters. The van der Waals surface area contributed by atoms with Crippen molar-refractivity contribution in [2.75, 3.05) is 0 Å². The average molecular weight is 309 g/mol. The van der Waals surface area contributed by atoms with Gasteiger partial charge in [-0.05, 0) is 23.8 Å². The third-order valence-electron chi connectivity index (χ3n) is 3.53. The van der Waals surface area contributed by atoms with Gasteiger partial charge >= 0.3 is 0 Å². The van der Waals surface area contributed by atoms with Crippen LogP contribution in [0.2, 0.25) is 0 Å². The molecule has 0 aliphatic heterocycles. The smallest absolute Gasteiger partial charge is 0.0709 e. The summed E-state index contributed by atoms with van der Waals surface area (Å²) in [6.45, 7) is 0. The summed E-state index contributed by atoms with van der Waals surface area (Å²) in [5, 5.41) is 1.17. The number of para-hydroxylation sites is 1. The van der Waals surface area contributed by atoms with Crippen molar-refractivity contribution in [3.05, 3.63) is 114 Å². The van der Waals surface area contributed by atoms with Crippen molar-refractivity contribution in [2.24, 2.45) is 0 Å². The lowest BCUT2D eigenvalue weighted by Gasteiger charge is -1.97. The average Bonchev–Trinajstić information content (AvgIpc) is 2.64. The van der Waals surface area contributed by atoms with Crippen LogP contribution in [0.25, 0.3) is 23.1 Å². The summed E-state index contributed by atoms with van der Waals surface area (Å²) >= 11 is 0. The molecule has 1 aromatic heterocycles. The van der Waals surface area contributed by atoms with E-state index in [0.29, 0.717) is 0 Å². The molecule has 0 aliphatic carbocycles. The monoisotopic (exact) mass is 309 g/mol. The van der Waals surface area contributed by atoms with Crippen LogP contribution in [0.4, 0.5) is 0 Å². The second-order valence-electron chi connectivity index (χ2n) is 5.33. The molecule has 0 fully saturated rings. The normalized spacial score (nSPS) is 12.3. The number of hydrogen-bond acceptors (Lipinski definition) is 1. The number of benzene rings is 2. The molecule has 0 saturated heterocycles. The van der Waals surface area contributed by atoms with Crippen LogP contribution in [0.15, 0.2) is 103 Å². The van der Waals surface area contributed by atoms with Crippen LogP contribution in [0.1, 0.15) is 11.3 Å². The molecule has 1 heterocycles. The standard InChI is InChI=1S/C23H19N/c1(3-6-12-20-13-7-5-8-14-20)2-4-9-16-22-19-18-21-15-10-11-17-23(21)24-22/h1-19H/b3-1+,4-2+,12-6+,16-9+. The highest BCUT2D eigenvalue weighted by molar-refractivity contribution is 5.79. The zero-order chi connectivity index (χ0) is 16.5. The van der Waals surface area contributed by atoms with E-state index in [1.54, 1.807) is 0 Å². The maximum Gasteiger partial charge on any atom is 0.0709 e. The van der Waals surface area contributed by atoms with Crippen LogP contribution in [0.3, 0.4) is 0 Å². The Bertz CT molecular complexity index is 899. The largest absolute Gasteiger partial charge is 0.248 e. The first-order valence-electron chi connectivity index (χ1n) is 8.01. The molecule has 1 heteroatoms. The Kier molecular flexibility index (Phi) is 5.52. The van der Waals surface area contributed by atoms with E-state index < -0.39 is 0 Å². The van der Waals surface area contributed by atoms with Crippen molar-refractivity contribution in [3.63, 3.8) is 0 Å². The molecule has 3 aromatic rings. The third-order valence-corrected chi connectivity index (χ3v) is 3.53. The molecule has 24 heavy (non-hydrogen) atoms. The van der Waals surface area contributed by atoms with E-state index in [1.807, 2.05) is 85.0 Å². The molecule has 1 nitrogen and oxygen atoms in total. The number of fused-ring (bicyclic) bond motifs is 1. The summed E-state index contributed by atoms with van der Waals surface area (Å²) in [5.74, 6) is 0. The van der Waals surface area contributed by atoms with Gasteiger partial charge in [0.2, 0.25) is 0 Å². The lowest BCUT2D eigenvalue weighted by Crippen LogP contribution is -1.81. The van der Waals surface area contributed by atoms with Gasteiger partial charge in [-0.3, -0.25) is 0 Å². The maximum atomic E-state index is 4.61. The van der Waals surface area contributed by atoms with Gasteiger partial charge in [-0.1, -0.05) is 97.1 Å². The van der Waals surface area contributed by atoms with Gasteiger partial charge in [0.25, 0.3) is 0 Å². The van der Waals surface area contributed by atoms with Gasteiger partial charge in [0.1, 0.15) is 0 Å². The molecule has 116 valence electrons. The predicted octanol–water partition coefficient (Wildman–Crippen LogP) is 6.07. The van der Waals surface area contributed by atoms with Crippen LogP contribution in [-0.2, 0) is 0 Å². The third kappa shape index (κ3) is 4.65. The Labute approximate surface area is 143 Å². The molecular formula is C23H19N. The molecule has 0 aliphatic rings. The van der Waals surface area contributed by atoms with E-state index in [-0.39, 0.29) is 0 Å². The van der Waals surface area contributed by atoms with Gasteiger partial charge in [-0.25, -0.2) is 4.98 Å². The SMILES string of the molecule is C(/C=C/C=C/c1ccc2ccccc2n1)=C\C=C\c1ccccc1. The number of aromatic nitrogens is 1. The summed E-state index contributed by atoms with van der Waals surface area (Å²) in [6, 6.07) is 22.5. The van der Waals surface area contributed by atoms with Gasteiger partial charge < -0.3 is 0 Å². The molecule has 0 saturated carbocycles. The summed E-state index contributed by atoms with van der Waals surface area (Å²) in [4.78, 5) is 4.61. The Hall–Kier alpha value is -3.19. The van der Waals surface area contributed by atoms with E-state index in [0.717, 1.165) is 11.2 Å². The molecule has 0 radical (unpaired) electrons. The van der Waals surface area contributed by atoms with Gasteiger partial charge in [-0.2, -0.15) is 0 Å². The van der Waals surface area contributed by atoms with Gasteiger partial charge in [-0.15, -0.1) is 0 Å². The van der Waals surface area contributed by atoms with E-state index >= 15 is 0 Å². The Morgan fingerprint density at radius 3 is 2.04 bits per heavy atom. The fourth-order valence-electron chi connectivity index (χ4n) is 2.32. The molecule has 0 amide bonds. The van der Waals surface area contributed by atoms with Crippen LogP contribution in [0, 0.1) is 0 Å². The van der Waals surface area contributed by atoms with Gasteiger partial charge in [0.15, 0.2) is 0 Å². The second kappa shape index (κ2) is 8.44. The van der Waals surface area contributed by atoms with E-state index in [1.165, 1.54) is 10.9 Å². The van der Waals surface area contributed by atoms with Crippen LogP contribution in [0.5, 0.6) is 0 Å². The highest BCUT2D eigenvalue weighted by Gasteiger charge is 1.93. The lowest BCUT2D eigenvalue weighted by molar-refractivity contribution is 1.37. The number of rotatable bonds is 5. The fourth-order valence-corrected chi connectivity index (χ4v) is 2.32. The molecular weight excluding hydrogens is 290 g/mol. The minimum atomic E-state index is 0.964. The van der Waals surface area contributed by atoms with E-state index in [2.05, 4.69) is 35.3 Å². The molecule has 3 rings (SSSR count). The van der Waals surface area contributed by atoms with Crippen molar-refractivity contribution in [3.8, 4) is 0 Å². The Morgan fingerprint density at radius 2 is 1.21 bits per heavy atom. The highest BCUT2D eigenvalue weighted by atomic mass is 14.7. The lowest BCUT2D eigenvalue weighted by atomic mass is 10.2. The minimum Gasteiger partial charge on any atom is -0.248 e. The summed E-state index contributed by atoms with van der Waals surface area (Å²) < 4.78 is 0. The first-order chi connectivity index (χ1) is 11.9. The molecule has 0 N–H and O–H groups in total. The van der Waals surface area contributed by atoms with Crippen LogP contribution in [-0.4, -0.2) is 4.98 Å². The summed E-state index contributed by atoms with van der Waals surface area (Å²) in [6.07, 6.45) is 16.2. The topological polar surface area (TPSA) is 12.9 Å². The number of allylic oxidation sites excluding steroid dienone is 6. The fraction of sp³-hybridized carbons (Fsp3) is 0. The minimum absolute atomic E-state index is 0.964. The van der Waals surface area contributed by atoms with Crippen molar-refractivity contribution in [1.82, 2.24) is 4.98 Å². The van der Waals surface area contributed by atoms with Gasteiger partial charge in [0, 0.05) is 5.39 Å². The summed E-state index contributed by atoms with van der Waals surface area (Å²) in [5.41, 5.74) is 3.19. The van der Waals surface area contributed by atoms with Crippen molar-refractivity contribution in [1.29, 1.82) is 0 Å². The van der Waals surface area contributed by atoms with Crippen molar-refractivity contribution >= 4 is 23.1 Å². The van der Waals surface area contributed by atoms with Crippen molar-refractivity contribution < 1.29 is 0 Å². The molecule has 0 atom stereocenters. The van der Waals surface area contributed by atoms with Crippen LogP contribution >= 0.6 is 0 Å². The zero-order valence-corrected chi connectivity index (χ0v) is 13.4. The van der Waals surface area contributed by atoms with E-state index in [9.17, 15) is 0 Å². The van der Waals surface area contributed by atoms with E-state index in [4.69, 9.17) is 0 Å². The maximum absolute atomic E-state index is 4.61. The second-order valence-corrected chi connectivity index (χ2v) is 5.33. The first-order valence-corrected chi connectivity index (χ1v) is 8.01. The zero-order valence-electron chi connectivity index (χ0n) is 13.4. The van der Waals surface area contributed by atoms with Crippen LogP contribution < -0.4 is 0 Å². The molecule has 2 aromatic carbocycles. The number of pyridine rings is 1. The predicted molar refractivity (Wildman–Crippen MR) is 105 cm³/mol. The highest BCUT2D eigenvalue weighted by Crippen LogP contribution is 2.12. The van der Waals surface area contributed by atoms with Gasteiger partial charge in [0.05, 0.1) is 11.2 Å². The number of nitrogens with zero attached hydrogens (tertiary/aromatic N) is 1. The summed E-state index contributed by atoms with van der Waals surface area (Å²) in [7, 11) is 0. The van der Waals surface area contributed by atoms with Crippen molar-refractivity contribution in [2.45, 2.75) is 0 Å². The quantitative estimate of drug-likeness (QED) is 0.521. The molecule has 0 spiro atoms. The Balaban J connectivity index is 1.54. The molecule has 0 bridgehead atoms. The Morgan fingerprint density at radius 1 is 0.542 bits per heavy atom. The first kappa shape index (κ1) is 15.7. The number of hydrogen-bond donors (Lipinski definition) is 0.